The highest BCUT2D eigenvalue weighted by Gasteiger charge is 2.47. The Morgan fingerprint density at radius 3 is 2.89 bits per heavy atom. The Balaban J connectivity index is 1.63. The first kappa shape index (κ1) is 19.1. The van der Waals surface area contributed by atoms with Crippen molar-refractivity contribution in [1.82, 2.24) is 0 Å². The topological polar surface area (TPSA) is 61.8 Å². The maximum absolute atomic E-state index is 12.2. The van der Waals surface area contributed by atoms with Crippen LogP contribution >= 0.6 is 0 Å². The van der Waals surface area contributed by atoms with Crippen molar-refractivity contribution in [3.63, 3.8) is 0 Å². The van der Waals surface area contributed by atoms with Crippen LogP contribution in [0, 0.1) is 5.92 Å². The predicted molar refractivity (Wildman–Crippen MR) is 101 cm³/mol. The molecule has 1 saturated heterocycles. The zero-order chi connectivity index (χ0) is 19.3. The molecule has 27 heavy (non-hydrogen) atoms. The van der Waals surface area contributed by atoms with Crippen LogP contribution in [0.3, 0.4) is 0 Å². The van der Waals surface area contributed by atoms with Gasteiger partial charge in [-0.05, 0) is 37.5 Å². The van der Waals surface area contributed by atoms with Gasteiger partial charge in [0.25, 0.3) is 0 Å². The van der Waals surface area contributed by atoms with Crippen molar-refractivity contribution in [3.8, 4) is 0 Å². The van der Waals surface area contributed by atoms with Crippen molar-refractivity contribution in [2.24, 2.45) is 5.92 Å². The summed E-state index contributed by atoms with van der Waals surface area (Å²) in [5.41, 5.74) is 0.826. The first-order valence-electron chi connectivity index (χ1n) is 9.05. The zero-order valence-electron chi connectivity index (χ0n) is 15.5. The van der Waals surface area contributed by atoms with Crippen LogP contribution < -0.4 is 0 Å². The van der Waals surface area contributed by atoms with Crippen LogP contribution in [0.5, 0.6) is 0 Å². The van der Waals surface area contributed by atoms with E-state index in [0.717, 1.165) is 5.57 Å². The van der Waals surface area contributed by atoms with E-state index >= 15 is 0 Å². The van der Waals surface area contributed by atoms with Crippen LogP contribution in [0.2, 0.25) is 0 Å². The largest absolute Gasteiger partial charge is 0.469 e. The molecular formula is C22H24O5. The maximum Gasteiger partial charge on any atom is 0.338 e. The molecule has 0 aromatic heterocycles. The first-order valence-corrected chi connectivity index (χ1v) is 9.05. The van der Waals surface area contributed by atoms with E-state index in [1.165, 1.54) is 0 Å². The lowest BCUT2D eigenvalue weighted by Gasteiger charge is -2.32. The second-order valence-corrected chi connectivity index (χ2v) is 6.93. The highest BCUT2D eigenvalue weighted by molar-refractivity contribution is 5.93. The number of carbonyl (C=O) groups is 2. The fraction of sp³-hybridized carbons (Fsp3) is 0.364. The van der Waals surface area contributed by atoms with Gasteiger partial charge in [-0.1, -0.05) is 30.4 Å². The molecule has 1 aliphatic carbocycles. The fourth-order valence-corrected chi connectivity index (χ4v) is 3.37. The van der Waals surface area contributed by atoms with Crippen LogP contribution in [0.15, 0.2) is 66.5 Å². The molecule has 1 fully saturated rings. The Bertz CT molecular complexity index is 777. The van der Waals surface area contributed by atoms with Crippen molar-refractivity contribution in [1.29, 1.82) is 0 Å². The Morgan fingerprint density at radius 1 is 1.37 bits per heavy atom. The molecule has 0 radical (unpaired) electrons. The summed E-state index contributed by atoms with van der Waals surface area (Å²) in [5, 5.41) is 0. The lowest BCUT2D eigenvalue weighted by Crippen LogP contribution is -2.38. The number of benzene rings is 1. The number of carbonyl (C=O) groups excluding carboxylic acids is 2. The lowest BCUT2D eigenvalue weighted by atomic mass is 9.77. The van der Waals surface area contributed by atoms with Gasteiger partial charge in [-0.25, -0.2) is 4.79 Å². The Labute approximate surface area is 159 Å². The minimum atomic E-state index is -0.619. The molecule has 0 spiro atoms. The SMILES string of the molecule is C=CCC1CC2(CC=C(C)COC(=O)c3ccccc3)OCOC2=CC1=O. The summed E-state index contributed by atoms with van der Waals surface area (Å²) in [4.78, 5) is 24.2. The summed E-state index contributed by atoms with van der Waals surface area (Å²) < 4.78 is 16.8. The van der Waals surface area contributed by atoms with E-state index in [0.29, 0.717) is 30.6 Å². The number of hydrogen-bond acceptors (Lipinski definition) is 5. The van der Waals surface area contributed by atoms with Gasteiger partial charge in [0, 0.05) is 18.4 Å². The zero-order valence-corrected chi connectivity index (χ0v) is 15.5. The number of allylic oxidation sites excluding steroid dienone is 2. The highest BCUT2D eigenvalue weighted by atomic mass is 16.7. The summed E-state index contributed by atoms with van der Waals surface area (Å²) in [6.45, 7) is 5.99. The molecule has 1 aromatic rings. The second-order valence-electron chi connectivity index (χ2n) is 6.93. The molecule has 2 aliphatic rings. The summed E-state index contributed by atoms with van der Waals surface area (Å²) in [6.07, 6.45) is 7.05. The second kappa shape index (κ2) is 8.35. The van der Waals surface area contributed by atoms with Gasteiger partial charge in [0.2, 0.25) is 0 Å². The first-order chi connectivity index (χ1) is 13.0. The third kappa shape index (κ3) is 4.37. The van der Waals surface area contributed by atoms with Gasteiger partial charge < -0.3 is 14.2 Å². The number of esters is 1. The van der Waals surface area contributed by atoms with E-state index in [9.17, 15) is 9.59 Å². The van der Waals surface area contributed by atoms with Crippen LogP contribution in [0.4, 0.5) is 0 Å². The third-order valence-electron chi connectivity index (χ3n) is 4.92. The van der Waals surface area contributed by atoms with Crippen molar-refractivity contribution in [3.05, 3.63) is 72.0 Å². The molecule has 0 bridgehead atoms. The van der Waals surface area contributed by atoms with Gasteiger partial charge >= 0.3 is 5.97 Å². The third-order valence-corrected chi connectivity index (χ3v) is 4.92. The molecule has 2 unspecified atom stereocenters. The molecule has 1 heterocycles. The molecule has 5 heteroatoms. The van der Waals surface area contributed by atoms with Gasteiger partial charge in [0.15, 0.2) is 12.6 Å². The molecular weight excluding hydrogens is 344 g/mol. The maximum atomic E-state index is 12.2. The van der Waals surface area contributed by atoms with Crippen molar-refractivity contribution < 1.29 is 23.8 Å². The molecule has 5 nitrogen and oxygen atoms in total. The summed E-state index contributed by atoms with van der Waals surface area (Å²) in [7, 11) is 0. The lowest BCUT2D eigenvalue weighted by molar-refractivity contribution is -0.121. The molecule has 142 valence electrons. The number of ketones is 1. The van der Waals surface area contributed by atoms with Crippen LogP contribution in [0.1, 0.15) is 36.5 Å². The molecule has 1 aliphatic heterocycles. The van der Waals surface area contributed by atoms with Gasteiger partial charge in [0.1, 0.15) is 18.0 Å². The van der Waals surface area contributed by atoms with E-state index in [1.807, 2.05) is 19.1 Å². The average molecular weight is 368 g/mol. The standard InChI is InChI=1S/C22H24O5/c1-3-7-18-13-22(20(12-19(18)23)26-15-27-22)11-10-16(2)14-25-21(24)17-8-5-4-6-9-17/h3-6,8-10,12,18H,1,7,11,13-15H2,2H3. The average Bonchev–Trinajstić information content (AvgIpc) is 3.08. The Morgan fingerprint density at radius 2 is 2.15 bits per heavy atom. The van der Waals surface area contributed by atoms with E-state index < -0.39 is 5.60 Å². The quantitative estimate of drug-likeness (QED) is 0.538. The number of rotatable bonds is 7. The van der Waals surface area contributed by atoms with Crippen LogP contribution in [0.25, 0.3) is 0 Å². The van der Waals surface area contributed by atoms with E-state index in [4.69, 9.17) is 14.2 Å². The molecule has 0 saturated carbocycles. The molecule has 1 aromatic carbocycles. The smallest absolute Gasteiger partial charge is 0.338 e. The van der Waals surface area contributed by atoms with E-state index in [2.05, 4.69) is 6.58 Å². The van der Waals surface area contributed by atoms with Gasteiger partial charge in [-0.2, -0.15) is 0 Å². The summed E-state index contributed by atoms with van der Waals surface area (Å²) in [6, 6.07) is 8.89. The number of ether oxygens (including phenoxy) is 3. The van der Waals surface area contributed by atoms with E-state index in [1.54, 1.807) is 36.4 Å². The van der Waals surface area contributed by atoms with Crippen molar-refractivity contribution >= 4 is 11.8 Å². The van der Waals surface area contributed by atoms with Crippen LogP contribution in [-0.4, -0.2) is 30.8 Å². The molecule has 3 rings (SSSR count). The molecule has 2 atom stereocenters. The minimum absolute atomic E-state index is 0.0588. The minimum Gasteiger partial charge on any atom is -0.469 e. The number of fused-ring (bicyclic) bond motifs is 1. The molecule has 0 N–H and O–H groups in total. The van der Waals surface area contributed by atoms with Gasteiger partial charge in [-0.3, -0.25) is 4.79 Å². The van der Waals surface area contributed by atoms with E-state index in [-0.39, 0.29) is 31.1 Å². The van der Waals surface area contributed by atoms with Gasteiger partial charge in [0.05, 0.1) is 5.56 Å². The van der Waals surface area contributed by atoms with Crippen molar-refractivity contribution in [2.45, 2.75) is 31.8 Å². The normalized spacial score (nSPS) is 24.6. The highest BCUT2D eigenvalue weighted by Crippen LogP contribution is 2.43. The molecule has 0 amide bonds. The monoisotopic (exact) mass is 368 g/mol. The predicted octanol–water partition coefficient (Wildman–Crippen LogP) is 3.97. The Hall–Kier alpha value is -2.66. The summed E-state index contributed by atoms with van der Waals surface area (Å²) >= 11 is 0. The van der Waals surface area contributed by atoms with Gasteiger partial charge in [-0.15, -0.1) is 6.58 Å². The van der Waals surface area contributed by atoms with Crippen molar-refractivity contribution in [2.75, 3.05) is 13.4 Å². The Kier molecular flexibility index (Phi) is 5.91. The number of hydrogen-bond donors (Lipinski definition) is 0. The fourth-order valence-electron chi connectivity index (χ4n) is 3.37. The van der Waals surface area contributed by atoms with Crippen LogP contribution in [-0.2, 0) is 19.0 Å². The summed E-state index contributed by atoms with van der Waals surface area (Å²) in [5.74, 6) is 0.163.